The molecule has 0 aliphatic carbocycles. The van der Waals surface area contributed by atoms with Gasteiger partial charge < -0.3 is 10.6 Å². The van der Waals surface area contributed by atoms with E-state index >= 15 is 0 Å². The number of rotatable bonds is 5. The standard InChI is InChI=1S/C14H23N3S/c1-5-17(9-8-12(15)18)13-7-6-11(10-16-13)14(2,3)4/h6-7,10H,5,8-9H2,1-4H3,(H2,15,18). The van der Waals surface area contributed by atoms with Crippen molar-refractivity contribution in [2.75, 3.05) is 18.0 Å². The summed E-state index contributed by atoms with van der Waals surface area (Å²) in [5, 5.41) is 0. The van der Waals surface area contributed by atoms with Crippen LogP contribution in [0.2, 0.25) is 0 Å². The lowest BCUT2D eigenvalue weighted by molar-refractivity contribution is 0.587. The lowest BCUT2D eigenvalue weighted by Crippen LogP contribution is -2.28. The Morgan fingerprint density at radius 1 is 1.39 bits per heavy atom. The molecular formula is C14H23N3S. The van der Waals surface area contributed by atoms with Crippen molar-refractivity contribution in [3.05, 3.63) is 23.9 Å². The van der Waals surface area contributed by atoms with Crippen molar-refractivity contribution in [1.29, 1.82) is 0 Å². The number of nitrogens with zero attached hydrogens (tertiary/aromatic N) is 2. The number of anilines is 1. The van der Waals surface area contributed by atoms with Crippen LogP contribution >= 0.6 is 12.2 Å². The van der Waals surface area contributed by atoms with Crippen molar-refractivity contribution in [3.63, 3.8) is 0 Å². The SMILES string of the molecule is CCN(CCC(N)=S)c1ccc(C(C)(C)C)cn1. The number of aromatic nitrogens is 1. The lowest BCUT2D eigenvalue weighted by Gasteiger charge is -2.23. The van der Waals surface area contributed by atoms with Crippen molar-refractivity contribution < 1.29 is 0 Å². The van der Waals surface area contributed by atoms with Gasteiger partial charge in [-0.1, -0.05) is 39.1 Å². The predicted molar refractivity (Wildman–Crippen MR) is 82.2 cm³/mol. The molecule has 1 heterocycles. The molecule has 0 aliphatic heterocycles. The van der Waals surface area contributed by atoms with Crippen molar-refractivity contribution in [1.82, 2.24) is 4.98 Å². The maximum atomic E-state index is 5.54. The summed E-state index contributed by atoms with van der Waals surface area (Å²) in [6.07, 6.45) is 2.69. The second kappa shape index (κ2) is 6.14. The molecule has 0 spiro atoms. The Labute approximate surface area is 115 Å². The first kappa shape index (κ1) is 14.9. The summed E-state index contributed by atoms with van der Waals surface area (Å²) in [6, 6.07) is 4.22. The molecule has 18 heavy (non-hydrogen) atoms. The van der Waals surface area contributed by atoms with Gasteiger partial charge in [0.05, 0.1) is 4.99 Å². The Morgan fingerprint density at radius 3 is 2.44 bits per heavy atom. The molecule has 0 unspecified atom stereocenters. The molecule has 0 bridgehead atoms. The zero-order valence-electron chi connectivity index (χ0n) is 11.7. The summed E-state index contributed by atoms with van der Waals surface area (Å²) in [4.78, 5) is 7.28. The monoisotopic (exact) mass is 265 g/mol. The van der Waals surface area contributed by atoms with Gasteiger partial charge in [0.1, 0.15) is 5.82 Å². The molecule has 0 amide bonds. The third-order valence-electron chi connectivity index (χ3n) is 2.95. The van der Waals surface area contributed by atoms with Gasteiger partial charge in [0.15, 0.2) is 0 Å². The largest absolute Gasteiger partial charge is 0.393 e. The minimum absolute atomic E-state index is 0.140. The number of nitrogens with two attached hydrogens (primary N) is 1. The van der Waals surface area contributed by atoms with Crippen LogP contribution in [0.5, 0.6) is 0 Å². The molecule has 3 nitrogen and oxygen atoms in total. The highest BCUT2D eigenvalue weighted by molar-refractivity contribution is 7.80. The Balaban J connectivity index is 2.79. The fourth-order valence-corrected chi connectivity index (χ4v) is 1.79. The highest BCUT2D eigenvalue weighted by atomic mass is 32.1. The fourth-order valence-electron chi connectivity index (χ4n) is 1.70. The van der Waals surface area contributed by atoms with Gasteiger partial charge in [0.25, 0.3) is 0 Å². The van der Waals surface area contributed by atoms with E-state index in [1.165, 1.54) is 5.56 Å². The van der Waals surface area contributed by atoms with Gasteiger partial charge in [-0.25, -0.2) is 4.98 Å². The maximum absolute atomic E-state index is 5.54. The fraction of sp³-hybridized carbons (Fsp3) is 0.571. The van der Waals surface area contributed by atoms with Gasteiger partial charge in [-0.2, -0.15) is 0 Å². The van der Waals surface area contributed by atoms with Crippen LogP contribution in [0.1, 0.15) is 39.7 Å². The molecule has 4 heteroatoms. The normalized spacial score (nSPS) is 11.3. The van der Waals surface area contributed by atoms with Crippen molar-refractivity contribution in [3.8, 4) is 0 Å². The summed E-state index contributed by atoms with van der Waals surface area (Å²) < 4.78 is 0. The highest BCUT2D eigenvalue weighted by Crippen LogP contribution is 2.23. The summed E-state index contributed by atoms with van der Waals surface area (Å²) in [6.45, 7) is 10.4. The van der Waals surface area contributed by atoms with Gasteiger partial charge in [0, 0.05) is 25.7 Å². The van der Waals surface area contributed by atoms with Gasteiger partial charge in [0.2, 0.25) is 0 Å². The molecule has 0 saturated heterocycles. The highest BCUT2D eigenvalue weighted by Gasteiger charge is 2.14. The van der Waals surface area contributed by atoms with E-state index < -0.39 is 0 Å². The quantitative estimate of drug-likeness (QED) is 0.831. The van der Waals surface area contributed by atoms with Crippen LogP contribution in [0.15, 0.2) is 18.3 Å². The van der Waals surface area contributed by atoms with Crippen LogP contribution in [0.25, 0.3) is 0 Å². The van der Waals surface area contributed by atoms with Crippen LogP contribution in [0.3, 0.4) is 0 Å². The third kappa shape index (κ3) is 4.26. The van der Waals surface area contributed by atoms with E-state index in [9.17, 15) is 0 Å². The molecule has 0 aliphatic rings. The van der Waals surface area contributed by atoms with Crippen LogP contribution in [-0.4, -0.2) is 23.1 Å². The Hall–Kier alpha value is -1.16. The molecule has 0 saturated carbocycles. The second-order valence-corrected chi connectivity index (χ2v) is 5.98. The van der Waals surface area contributed by atoms with Crippen LogP contribution in [-0.2, 0) is 5.41 Å². The average Bonchev–Trinajstić information content (AvgIpc) is 2.29. The van der Waals surface area contributed by atoms with Crippen LogP contribution in [0.4, 0.5) is 5.82 Å². The molecule has 0 fully saturated rings. The van der Waals surface area contributed by atoms with E-state index in [1.54, 1.807) is 0 Å². The molecule has 2 N–H and O–H groups in total. The first-order valence-corrected chi connectivity index (χ1v) is 6.75. The summed E-state index contributed by atoms with van der Waals surface area (Å²) >= 11 is 4.91. The van der Waals surface area contributed by atoms with Crippen molar-refractivity contribution in [2.24, 2.45) is 5.73 Å². The zero-order valence-corrected chi connectivity index (χ0v) is 12.5. The smallest absolute Gasteiger partial charge is 0.128 e. The third-order valence-corrected chi connectivity index (χ3v) is 3.15. The number of hydrogen-bond acceptors (Lipinski definition) is 3. The molecule has 1 aromatic heterocycles. The molecule has 1 aromatic rings. The first-order valence-electron chi connectivity index (χ1n) is 6.34. The van der Waals surface area contributed by atoms with E-state index in [0.717, 1.165) is 25.3 Å². The van der Waals surface area contributed by atoms with Gasteiger partial charge in [-0.3, -0.25) is 0 Å². The molecular weight excluding hydrogens is 242 g/mol. The van der Waals surface area contributed by atoms with Gasteiger partial charge in [-0.15, -0.1) is 0 Å². The van der Waals surface area contributed by atoms with Crippen molar-refractivity contribution >= 4 is 23.0 Å². The van der Waals surface area contributed by atoms with Crippen LogP contribution < -0.4 is 10.6 Å². The van der Waals surface area contributed by atoms with Crippen molar-refractivity contribution in [2.45, 2.75) is 39.5 Å². The minimum Gasteiger partial charge on any atom is -0.393 e. The predicted octanol–water partition coefficient (Wildman–Crippen LogP) is 2.88. The zero-order chi connectivity index (χ0) is 13.8. The number of hydrogen-bond donors (Lipinski definition) is 1. The van der Waals surface area contributed by atoms with E-state index in [1.807, 2.05) is 6.20 Å². The minimum atomic E-state index is 0.140. The number of thiocarbonyl (C=S) groups is 1. The molecule has 0 radical (unpaired) electrons. The summed E-state index contributed by atoms with van der Waals surface area (Å²) in [5.74, 6) is 0.988. The van der Waals surface area contributed by atoms with Gasteiger partial charge in [-0.05, 0) is 24.0 Å². The van der Waals surface area contributed by atoms with E-state index in [0.29, 0.717) is 4.99 Å². The Morgan fingerprint density at radius 2 is 2.06 bits per heavy atom. The van der Waals surface area contributed by atoms with E-state index in [2.05, 4.69) is 49.7 Å². The summed E-state index contributed by atoms with van der Waals surface area (Å²) in [5.41, 5.74) is 6.93. The van der Waals surface area contributed by atoms with E-state index in [-0.39, 0.29) is 5.41 Å². The van der Waals surface area contributed by atoms with E-state index in [4.69, 9.17) is 18.0 Å². The summed E-state index contributed by atoms with van der Waals surface area (Å²) in [7, 11) is 0. The maximum Gasteiger partial charge on any atom is 0.128 e. The topological polar surface area (TPSA) is 42.1 Å². The van der Waals surface area contributed by atoms with Crippen LogP contribution in [0, 0.1) is 0 Å². The number of pyridine rings is 1. The molecule has 0 aromatic carbocycles. The Kier molecular flexibility index (Phi) is 5.08. The van der Waals surface area contributed by atoms with Gasteiger partial charge >= 0.3 is 0 Å². The average molecular weight is 265 g/mol. The Bertz CT molecular complexity index is 392. The molecule has 100 valence electrons. The lowest BCUT2D eigenvalue weighted by atomic mass is 9.88. The molecule has 1 rings (SSSR count). The first-order chi connectivity index (χ1) is 8.34. The molecule has 0 atom stereocenters. The second-order valence-electron chi connectivity index (χ2n) is 5.45.